The normalized spacial score (nSPS) is 26.1. The van der Waals surface area contributed by atoms with Crippen molar-refractivity contribution in [1.82, 2.24) is 9.80 Å². The summed E-state index contributed by atoms with van der Waals surface area (Å²) in [6.45, 7) is 0.737. The fraction of sp³-hybridized carbons (Fsp3) is 0.833. The van der Waals surface area contributed by atoms with Crippen molar-refractivity contribution in [2.45, 2.75) is 44.2 Å². The second-order valence-electron chi connectivity index (χ2n) is 5.07. The summed E-state index contributed by atoms with van der Waals surface area (Å²) in [6.07, 6.45) is 5.12. The van der Waals surface area contributed by atoms with Gasteiger partial charge in [0.1, 0.15) is 0 Å². The second kappa shape index (κ2) is 5.04. The molecule has 0 aromatic carbocycles. The van der Waals surface area contributed by atoms with E-state index in [1.807, 2.05) is 4.90 Å². The zero-order chi connectivity index (χ0) is 12.4. The molecule has 0 bridgehead atoms. The van der Waals surface area contributed by atoms with Gasteiger partial charge in [-0.25, -0.2) is 0 Å². The van der Waals surface area contributed by atoms with E-state index in [1.54, 1.807) is 11.9 Å². The predicted molar refractivity (Wildman–Crippen MR) is 62.6 cm³/mol. The maximum Gasteiger partial charge on any atom is 0.317 e. The highest BCUT2D eigenvalue weighted by molar-refractivity contribution is 5.84. The van der Waals surface area contributed by atoms with E-state index in [2.05, 4.69) is 0 Å². The first kappa shape index (κ1) is 12.4. The quantitative estimate of drug-likeness (QED) is 0.779. The Bertz CT molecular complexity index is 313. The van der Waals surface area contributed by atoms with Crippen LogP contribution in [0.5, 0.6) is 0 Å². The van der Waals surface area contributed by atoms with E-state index in [-0.39, 0.29) is 24.5 Å². The Morgan fingerprint density at radius 2 is 2.06 bits per heavy atom. The molecule has 1 unspecified atom stereocenters. The van der Waals surface area contributed by atoms with Crippen LogP contribution in [0.3, 0.4) is 0 Å². The highest BCUT2D eigenvalue weighted by Gasteiger charge is 2.38. The smallest absolute Gasteiger partial charge is 0.317 e. The third-order valence-electron chi connectivity index (χ3n) is 3.91. The molecule has 2 rings (SSSR count). The molecular weight excluding hydrogens is 220 g/mol. The molecule has 2 fully saturated rings. The number of hydrogen-bond donors (Lipinski definition) is 1. The zero-order valence-corrected chi connectivity index (χ0v) is 10.3. The van der Waals surface area contributed by atoms with E-state index in [0.717, 1.165) is 38.6 Å². The largest absolute Gasteiger partial charge is 0.480 e. The lowest BCUT2D eigenvalue weighted by atomic mass is 10.1. The first-order valence-corrected chi connectivity index (χ1v) is 6.32. The highest BCUT2D eigenvalue weighted by Crippen LogP contribution is 2.28. The Balaban J connectivity index is 2.09. The van der Waals surface area contributed by atoms with Gasteiger partial charge >= 0.3 is 5.97 Å². The lowest BCUT2D eigenvalue weighted by Crippen LogP contribution is -2.48. The van der Waals surface area contributed by atoms with E-state index in [1.165, 1.54) is 0 Å². The highest BCUT2D eigenvalue weighted by atomic mass is 16.4. The summed E-state index contributed by atoms with van der Waals surface area (Å²) in [5.41, 5.74) is 0. The van der Waals surface area contributed by atoms with Crippen LogP contribution in [0.15, 0.2) is 0 Å². The second-order valence-corrected chi connectivity index (χ2v) is 5.07. The monoisotopic (exact) mass is 240 g/mol. The maximum absolute atomic E-state index is 12.0. The summed E-state index contributed by atoms with van der Waals surface area (Å²) in [4.78, 5) is 26.5. The molecule has 5 heteroatoms. The van der Waals surface area contributed by atoms with Crippen LogP contribution >= 0.6 is 0 Å². The molecular formula is C12H20N2O3. The van der Waals surface area contributed by atoms with Crippen molar-refractivity contribution in [3.05, 3.63) is 0 Å². The number of carboxylic acid groups (broad SMARTS) is 1. The van der Waals surface area contributed by atoms with Crippen LogP contribution in [0, 0.1) is 0 Å². The van der Waals surface area contributed by atoms with Crippen LogP contribution in [-0.2, 0) is 9.59 Å². The topological polar surface area (TPSA) is 60.9 Å². The number of likely N-dealkylation sites (N-methyl/N-ethyl adjacent to an activating group) is 1. The van der Waals surface area contributed by atoms with Crippen molar-refractivity contribution in [3.63, 3.8) is 0 Å². The van der Waals surface area contributed by atoms with Crippen LogP contribution in [0.4, 0.5) is 0 Å². The SMILES string of the molecule is CN1CCC(N(CC(=O)O)C2CCCC2)C1=O. The lowest BCUT2D eigenvalue weighted by Gasteiger charge is -2.31. The minimum atomic E-state index is -0.834. The Labute approximate surface area is 101 Å². The molecule has 1 heterocycles. The van der Waals surface area contributed by atoms with E-state index >= 15 is 0 Å². The summed E-state index contributed by atoms with van der Waals surface area (Å²) in [7, 11) is 1.79. The van der Waals surface area contributed by atoms with Gasteiger partial charge in [0.05, 0.1) is 12.6 Å². The van der Waals surface area contributed by atoms with Gasteiger partial charge in [0, 0.05) is 19.6 Å². The van der Waals surface area contributed by atoms with Crippen molar-refractivity contribution in [2.75, 3.05) is 20.1 Å². The van der Waals surface area contributed by atoms with Gasteiger partial charge in [0.25, 0.3) is 0 Å². The zero-order valence-electron chi connectivity index (χ0n) is 10.3. The molecule has 1 amide bonds. The van der Waals surface area contributed by atoms with Gasteiger partial charge in [-0.15, -0.1) is 0 Å². The van der Waals surface area contributed by atoms with Gasteiger partial charge in [-0.05, 0) is 19.3 Å². The van der Waals surface area contributed by atoms with E-state index in [9.17, 15) is 9.59 Å². The van der Waals surface area contributed by atoms with Gasteiger partial charge in [-0.3, -0.25) is 14.5 Å². The molecule has 2 aliphatic rings. The van der Waals surface area contributed by atoms with Crippen molar-refractivity contribution in [3.8, 4) is 0 Å². The fourth-order valence-electron chi connectivity index (χ4n) is 3.00. The number of carboxylic acids is 1. The summed E-state index contributed by atoms with van der Waals surface area (Å²) < 4.78 is 0. The number of hydrogen-bond acceptors (Lipinski definition) is 3. The molecule has 17 heavy (non-hydrogen) atoms. The number of carbonyl (C=O) groups is 2. The molecule has 96 valence electrons. The van der Waals surface area contributed by atoms with Crippen LogP contribution < -0.4 is 0 Å². The van der Waals surface area contributed by atoms with Crippen molar-refractivity contribution in [2.24, 2.45) is 0 Å². The van der Waals surface area contributed by atoms with Crippen molar-refractivity contribution in [1.29, 1.82) is 0 Å². The van der Waals surface area contributed by atoms with Gasteiger partial charge in [-0.2, -0.15) is 0 Å². The molecule has 1 atom stereocenters. The summed E-state index contributed by atoms with van der Waals surface area (Å²) in [5, 5.41) is 8.99. The van der Waals surface area contributed by atoms with E-state index in [4.69, 9.17) is 5.11 Å². The van der Waals surface area contributed by atoms with E-state index in [0.29, 0.717) is 0 Å². The molecule has 1 N–H and O–H groups in total. The third kappa shape index (κ3) is 2.60. The van der Waals surface area contributed by atoms with Gasteiger partial charge in [0.2, 0.25) is 5.91 Å². The molecule has 0 spiro atoms. The van der Waals surface area contributed by atoms with Gasteiger partial charge in [0.15, 0.2) is 0 Å². The molecule has 0 radical (unpaired) electrons. The van der Waals surface area contributed by atoms with Crippen LogP contribution in [0.2, 0.25) is 0 Å². The Morgan fingerprint density at radius 3 is 2.53 bits per heavy atom. The van der Waals surface area contributed by atoms with Crippen molar-refractivity contribution >= 4 is 11.9 Å². The first-order chi connectivity index (χ1) is 8.09. The molecule has 5 nitrogen and oxygen atoms in total. The average Bonchev–Trinajstić information content (AvgIpc) is 2.88. The Hall–Kier alpha value is -1.10. The number of aliphatic carboxylic acids is 1. The summed E-state index contributed by atoms with van der Waals surface area (Å²) >= 11 is 0. The van der Waals surface area contributed by atoms with Crippen LogP contribution in [0.1, 0.15) is 32.1 Å². The molecule has 1 aliphatic carbocycles. The Kier molecular flexibility index (Phi) is 3.66. The molecule has 0 aromatic rings. The lowest BCUT2D eigenvalue weighted by molar-refractivity contribution is -0.141. The minimum absolute atomic E-state index is 0.00505. The van der Waals surface area contributed by atoms with Crippen molar-refractivity contribution < 1.29 is 14.7 Å². The third-order valence-corrected chi connectivity index (χ3v) is 3.91. The maximum atomic E-state index is 12.0. The van der Waals surface area contributed by atoms with E-state index < -0.39 is 5.97 Å². The molecule has 1 saturated heterocycles. The predicted octanol–water partition coefficient (Wildman–Crippen LogP) is 0.546. The van der Waals surface area contributed by atoms with Gasteiger partial charge in [-0.1, -0.05) is 12.8 Å². The minimum Gasteiger partial charge on any atom is -0.480 e. The van der Waals surface area contributed by atoms with Gasteiger partial charge < -0.3 is 10.0 Å². The number of likely N-dealkylation sites (tertiary alicyclic amines) is 1. The first-order valence-electron chi connectivity index (χ1n) is 6.32. The fourth-order valence-corrected chi connectivity index (χ4v) is 3.00. The summed E-state index contributed by atoms with van der Waals surface area (Å²) in [6, 6.07) is 0.0748. The number of rotatable bonds is 4. The summed E-state index contributed by atoms with van der Waals surface area (Å²) in [5.74, 6) is -0.752. The molecule has 1 aliphatic heterocycles. The Morgan fingerprint density at radius 1 is 1.41 bits per heavy atom. The average molecular weight is 240 g/mol. The molecule has 1 saturated carbocycles. The number of nitrogens with zero attached hydrogens (tertiary/aromatic N) is 2. The number of carbonyl (C=O) groups excluding carboxylic acids is 1. The van der Waals surface area contributed by atoms with Crippen LogP contribution in [0.25, 0.3) is 0 Å². The molecule has 0 aromatic heterocycles. The standard InChI is InChI=1S/C12H20N2O3/c1-13-7-6-10(12(13)17)14(8-11(15)16)9-4-2-3-5-9/h9-10H,2-8H2,1H3,(H,15,16). The number of amides is 1. The van der Waals surface area contributed by atoms with Crippen LogP contribution in [-0.4, -0.2) is 59.0 Å².